The van der Waals surface area contributed by atoms with Gasteiger partial charge in [0.25, 0.3) is 5.91 Å². The standard InChI is InChI=1S/C20H18N4O3/c25-19(21-10-14-5-2-1-3-6-14)15-7-4-8-17(9-15)24-18-13-23(20(26)27)12-16(18)11-22-24/h1-9,11H,10,12-13H2,(H,21,25)(H,26,27). The molecule has 1 aliphatic heterocycles. The fourth-order valence-electron chi connectivity index (χ4n) is 3.17. The van der Waals surface area contributed by atoms with Crippen LogP contribution in [0.4, 0.5) is 4.79 Å². The third-order valence-electron chi connectivity index (χ3n) is 4.58. The van der Waals surface area contributed by atoms with Crippen LogP contribution in [-0.4, -0.2) is 31.8 Å². The third kappa shape index (κ3) is 3.39. The van der Waals surface area contributed by atoms with Crippen molar-refractivity contribution in [2.75, 3.05) is 0 Å². The monoisotopic (exact) mass is 362 g/mol. The maximum absolute atomic E-state index is 12.5. The highest BCUT2D eigenvalue weighted by atomic mass is 16.4. The first kappa shape index (κ1) is 16.8. The second kappa shape index (κ2) is 6.95. The van der Waals surface area contributed by atoms with Gasteiger partial charge in [0, 0.05) is 17.7 Å². The van der Waals surface area contributed by atoms with Crippen LogP contribution >= 0.6 is 0 Å². The predicted molar refractivity (Wildman–Crippen MR) is 98.4 cm³/mol. The van der Waals surface area contributed by atoms with E-state index in [9.17, 15) is 14.7 Å². The molecule has 0 spiro atoms. The third-order valence-corrected chi connectivity index (χ3v) is 4.58. The summed E-state index contributed by atoms with van der Waals surface area (Å²) in [4.78, 5) is 25.0. The van der Waals surface area contributed by atoms with Gasteiger partial charge in [0.15, 0.2) is 0 Å². The molecule has 1 aromatic heterocycles. The molecule has 0 unspecified atom stereocenters. The van der Waals surface area contributed by atoms with Crippen molar-refractivity contribution in [1.29, 1.82) is 0 Å². The molecule has 136 valence electrons. The molecular formula is C20H18N4O3. The van der Waals surface area contributed by atoms with Gasteiger partial charge in [-0.25, -0.2) is 9.48 Å². The lowest BCUT2D eigenvalue weighted by Gasteiger charge is -2.12. The van der Waals surface area contributed by atoms with Crippen molar-refractivity contribution < 1.29 is 14.7 Å². The quantitative estimate of drug-likeness (QED) is 0.747. The second-order valence-corrected chi connectivity index (χ2v) is 6.39. The van der Waals surface area contributed by atoms with Crippen LogP contribution in [0, 0.1) is 0 Å². The minimum Gasteiger partial charge on any atom is -0.465 e. The van der Waals surface area contributed by atoms with Crippen LogP contribution in [-0.2, 0) is 19.6 Å². The number of hydrogen-bond donors (Lipinski definition) is 2. The van der Waals surface area contributed by atoms with E-state index in [2.05, 4.69) is 10.4 Å². The maximum atomic E-state index is 12.5. The molecule has 7 heteroatoms. The number of carbonyl (C=O) groups excluding carboxylic acids is 1. The van der Waals surface area contributed by atoms with Gasteiger partial charge in [0.1, 0.15) is 0 Å². The number of carbonyl (C=O) groups is 2. The summed E-state index contributed by atoms with van der Waals surface area (Å²) in [5.41, 5.74) is 4.01. The number of fused-ring (bicyclic) bond motifs is 1. The van der Waals surface area contributed by atoms with Crippen molar-refractivity contribution in [3.05, 3.63) is 83.2 Å². The van der Waals surface area contributed by atoms with Gasteiger partial charge in [-0.05, 0) is 23.8 Å². The number of nitrogens with zero attached hydrogens (tertiary/aromatic N) is 3. The molecular weight excluding hydrogens is 344 g/mol. The zero-order chi connectivity index (χ0) is 18.8. The summed E-state index contributed by atoms with van der Waals surface area (Å²) in [6.07, 6.45) is 0.729. The fourth-order valence-corrected chi connectivity index (χ4v) is 3.17. The van der Waals surface area contributed by atoms with E-state index in [4.69, 9.17) is 0 Å². The number of nitrogens with one attached hydrogen (secondary N) is 1. The van der Waals surface area contributed by atoms with Crippen molar-refractivity contribution in [1.82, 2.24) is 20.0 Å². The summed E-state index contributed by atoms with van der Waals surface area (Å²) in [6, 6.07) is 16.9. The van der Waals surface area contributed by atoms with E-state index in [0.717, 1.165) is 22.5 Å². The highest BCUT2D eigenvalue weighted by Gasteiger charge is 2.27. The molecule has 27 heavy (non-hydrogen) atoms. The second-order valence-electron chi connectivity index (χ2n) is 6.39. The topological polar surface area (TPSA) is 87.5 Å². The van der Waals surface area contributed by atoms with Crippen molar-refractivity contribution >= 4 is 12.0 Å². The smallest absolute Gasteiger partial charge is 0.407 e. The normalized spacial score (nSPS) is 12.7. The molecule has 0 aliphatic carbocycles. The molecule has 2 N–H and O–H groups in total. The molecule has 2 aromatic carbocycles. The molecule has 1 aliphatic rings. The van der Waals surface area contributed by atoms with Gasteiger partial charge >= 0.3 is 6.09 Å². The number of rotatable bonds is 4. The van der Waals surface area contributed by atoms with Crippen LogP contribution in [0.3, 0.4) is 0 Å². The molecule has 0 bridgehead atoms. The molecule has 0 atom stereocenters. The van der Waals surface area contributed by atoms with E-state index in [-0.39, 0.29) is 12.5 Å². The zero-order valence-corrected chi connectivity index (χ0v) is 14.5. The summed E-state index contributed by atoms with van der Waals surface area (Å²) in [7, 11) is 0. The van der Waals surface area contributed by atoms with Gasteiger partial charge in [-0.3, -0.25) is 9.69 Å². The summed E-state index contributed by atoms with van der Waals surface area (Å²) in [5, 5.41) is 16.4. The average Bonchev–Trinajstić information content (AvgIpc) is 3.28. The van der Waals surface area contributed by atoms with Crippen LogP contribution in [0.1, 0.15) is 27.2 Å². The number of amides is 2. The van der Waals surface area contributed by atoms with E-state index in [0.29, 0.717) is 18.7 Å². The van der Waals surface area contributed by atoms with E-state index in [1.807, 2.05) is 36.4 Å². The summed E-state index contributed by atoms with van der Waals surface area (Å²) >= 11 is 0. The largest absolute Gasteiger partial charge is 0.465 e. The zero-order valence-electron chi connectivity index (χ0n) is 14.5. The SMILES string of the molecule is O=C(NCc1ccccc1)c1cccc(-n2ncc3c2CN(C(=O)O)C3)c1. The molecule has 0 saturated carbocycles. The van der Waals surface area contributed by atoms with Gasteiger partial charge in [0.05, 0.1) is 30.7 Å². The van der Waals surface area contributed by atoms with Gasteiger partial charge < -0.3 is 10.4 Å². The molecule has 7 nitrogen and oxygen atoms in total. The van der Waals surface area contributed by atoms with Gasteiger partial charge in [-0.15, -0.1) is 0 Å². The van der Waals surface area contributed by atoms with Crippen molar-refractivity contribution in [3.63, 3.8) is 0 Å². The molecule has 0 fully saturated rings. The number of benzene rings is 2. The van der Waals surface area contributed by atoms with Crippen molar-refractivity contribution in [2.24, 2.45) is 0 Å². The fraction of sp³-hybridized carbons (Fsp3) is 0.150. The van der Waals surface area contributed by atoms with Gasteiger partial charge in [0.2, 0.25) is 0 Å². The molecule has 0 saturated heterocycles. The first-order valence-electron chi connectivity index (χ1n) is 8.58. The average molecular weight is 362 g/mol. The van der Waals surface area contributed by atoms with Crippen molar-refractivity contribution in [2.45, 2.75) is 19.6 Å². The number of hydrogen-bond acceptors (Lipinski definition) is 3. The molecule has 3 aromatic rings. The molecule has 2 heterocycles. The van der Waals surface area contributed by atoms with E-state index in [1.165, 1.54) is 4.90 Å². The lowest BCUT2D eigenvalue weighted by atomic mass is 10.1. The Morgan fingerprint density at radius 2 is 1.89 bits per heavy atom. The number of carboxylic acid groups (broad SMARTS) is 1. The van der Waals surface area contributed by atoms with Crippen LogP contribution in [0.25, 0.3) is 5.69 Å². The number of aromatic nitrogens is 2. The Kier molecular flexibility index (Phi) is 4.33. The Bertz CT molecular complexity index is 997. The summed E-state index contributed by atoms with van der Waals surface area (Å²) in [6.45, 7) is 1.08. The van der Waals surface area contributed by atoms with Crippen LogP contribution in [0.2, 0.25) is 0 Å². The molecule has 0 radical (unpaired) electrons. The summed E-state index contributed by atoms with van der Waals surface area (Å²) < 4.78 is 1.70. The Balaban J connectivity index is 1.52. The van der Waals surface area contributed by atoms with E-state index >= 15 is 0 Å². The van der Waals surface area contributed by atoms with Crippen LogP contribution < -0.4 is 5.32 Å². The Morgan fingerprint density at radius 1 is 1.07 bits per heavy atom. The highest BCUT2D eigenvalue weighted by Crippen LogP contribution is 2.25. The first-order valence-corrected chi connectivity index (χ1v) is 8.58. The lowest BCUT2D eigenvalue weighted by Crippen LogP contribution is -2.24. The van der Waals surface area contributed by atoms with Gasteiger partial charge in [-0.1, -0.05) is 36.4 Å². The maximum Gasteiger partial charge on any atom is 0.407 e. The Morgan fingerprint density at radius 3 is 2.67 bits per heavy atom. The van der Waals surface area contributed by atoms with E-state index in [1.54, 1.807) is 29.1 Å². The molecule has 2 amide bonds. The predicted octanol–water partition coefficient (Wildman–Crippen LogP) is 2.80. The summed E-state index contributed by atoms with van der Waals surface area (Å²) in [5.74, 6) is -0.170. The minimum absolute atomic E-state index is 0.170. The lowest BCUT2D eigenvalue weighted by molar-refractivity contribution is 0.0950. The molecule has 4 rings (SSSR count). The van der Waals surface area contributed by atoms with E-state index < -0.39 is 6.09 Å². The highest BCUT2D eigenvalue weighted by molar-refractivity contribution is 5.94. The Hall–Kier alpha value is -3.61. The van der Waals surface area contributed by atoms with Crippen LogP contribution in [0.5, 0.6) is 0 Å². The first-order chi connectivity index (χ1) is 13.1. The Labute approximate surface area is 155 Å². The van der Waals surface area contributed by atoms with Crippen LogP contribution in [0.15, 0.2) is 60.8 Å². The minimum atomic E-state index is -0.952. The van der Waals surface area contributed by atoms with Crippen molar-refractivity contribution in [3.8, 4) is 5.69 Å². The van der Waals surface area contributed by atoms with Gasteiger partial charge in [-0.2, -0.15) is 5.10 Å².